The van der Waals surface area contributed by atoms with E-state index in [-0.39, 0.29) is 20.4 Å². The van der Waals surface area contributed by atoms with Crippen LogP contribution >= 0.6 is 0 Å². The molecule has 0 bridgehead atoms. The molecule has 2 aromatic carbocycles. The molecule has 0 spiro atoms. The van der Waals surface area contributed by atoms with E-state index < -0.39 is 30.9 Å². The van der Waals surface area contributed by atoms with Gasteiger partial charge in [0, 0.05) is 16.8 Å². The summed E-state index contributed by atoms with van der Waals surface area (Å²) in [5, 5.41) is 0. The predicted octanol–water partition coefficient (Wildman–Crippen LogP) is 1.13. The van der Waals surface area contributed by atoms with Crippen LogP contribution in [0.3, 0.4) is 0 Å². The molecule has 10 heteroatoms. The van der Waals surface area contributed by atoms with Gasteiger partial charge >= 0.3 is 0 Å². The summed E-state index contributed by atoms with van der Waals surface area (Å²) in [5.74, 6) is 0. The summed E-state index contributed by atoms with van der Waals surface area (Å²) in [4.78, 5) is -0.445. The second-order valence-corrected chi connectivity index (χ2v) is 9.25. The fourth-order valence-electron chi connectivity index (χ4n) is 1.75. The standard InChI is InChI=1S/C13H13NO6S3/c1-22(17,18)12-6-3-7-13(9-12)23(19,20)14-10-4-2-5-11(8-10)21(15)16/h2-9,14H,1H3,(H,15,16)/p-1. The maximum atomic E-state index is 12.3. The van der Waals surface area contributed by atoms with Gasteiger partial charge in [-0.3, -0.25) is 8.93 Å². The minimum atomic E-state index is -4.05. The number of sulfonamides is 1. The van der Waals surface area contributed by atoms with E-state index in [0.29, 0.717) is 0 Å². The van der Waals surface area contributed by atoms with Crippen LogP contribution in [0.5, 0.6) is 0 Å². The van der Waals surface area contributed by atoms with E-state index in [4.69, 9.17) is 0 Å². The van der Waals surface area contributed by atoms with Crippen LogP contribution in [0.1, 0.15) is 0 Å². The molecule has 0 heterocycles. The zero-order valence-corrected chi connectivity index (χ0v) is 14.2. The fraction of sp³-hybridized carbons (Fsp3) is 0.0769. The average Bonchev–Trinajstić information content (AvgIpc) is 2.46. The fourth-order valence-corrected chi connectivity index (χ4v) is 4.00. The highest BCUT2D eigenvalue weighted by Crippen LogP contribution is 2.20. The van der Waals surface area contributed by atoms with Gasteiger partial charge in [0.1, 0.15) is 0 Å². The van der Waals surface area contributed by atoms with Crippen molar-refractivity contribution in [2.45, 2.75) is 14.7 Å². The van der Waals surface area contributed by atoms with Crippen LogP contribution in [-0.2, 0) is 30.9 Å². The highest BCUT2D eigenvalue weighted by molar-refractivity contribution is 7.93. The zero-order chi connectivity index (χ0) is 17.3. The summed E-state index contributed by atoms with van der Waals surface area (Å²) in [6, 6.07) is 10.1. The Morgan fingerprint density at radius 1 is 0.957 bits per heavy atom. The number of hydrogen-bond acceptors (Lipinski definition) is 6. The third kappa shape index (κ3) is 4.38. The van der Waals surface area contributed by atoms with Crippen LogP contribution in [0, 0.1) is 0 Å². The molecule has 0 aliphatic heterocycles. The Morgan fingerprint density at radius 3 is 2.17 bits per heavy atom. The van der Waals surface area contributed by atoms with Crippen LogP contribution in [0.15, 0.2) is 63.2 Å². The molecule has 124 valence electrons. The van der Waals surface area contributed by atoms with Crippen LogP contribution in [-0.4, -0.2) is 31.9 Å². The highest BCUT2D eigenvalue weighted by Gasteiger charge is 2.17. The molecule has 1 N–H and O–H groups in total. The molecule has 2 aromatic rings. The molecule has 7 nitrogen and oxygen atoms in total. The van der Waals surface area contributed by atoms with E-state index in [1.54, 1.807) is 0 Å². The van der Waals surface area contributed by atoms with Gasteiger partial charge in [0.2, 0.25) is 0 Å². The van der Waals surface area contributed by atoms with Crippen molar-refractivity contribution < 1.29 is 25.6 Å². The van der Waals surface area contributed by atoms with Gasteiger partial charge in [-0.2, -0.15) is 0 Å². The first-order valence-electron chi connectivity index (χ1n) is 6.12. The van der Waals surface area contributed by atoms with Gasteiger partial charge in [0.25, 0.3) is 10.0 Å². The van der Waals surface area contributed by atoms with Crippen molar-refractivity contribution in [1.29, 1.82) is 0 Å². The summed E-state index contributed by atoms with van der Waals surface area (Å²) < 4.78 is 71.6. The van der Waals surface area contributed by atoms with Crippen molar-refractivity contribution >= 4 is 36.6 Å². The van der Waals surface area contributed by atoms with Crippen molar-refractivity contribution in [2.75, 3.05) is 11.0 Å². The number of rotatable bonds is 5. The molecular weight excluding hydrogens is 362 g/mol. The minimum absolute atomic E-state index is 0.0523. The van der Waals surface area contributed by atoms with Crippen molar-refractivity contribution in [3.8, 4) is 0 Å². The van der Waals surface area contributed by atoms with Crippen LogP contribution in [0.2, 0.25) is 0 Å². The normalized spacial score (nSPS) is 13.5. The first kappa shape index (κ1) is 17.6. The van der Waals surface area contributed by atoms with Gasteiger partial charge in [-0.1, -0.05) is 12.1 Å². The Morgan fingerprint density at radius 2 is 1.57 bits per heavy atom. The Bertz CT molecular complexity index is 967. The quantitative estimate of drug-likeness (QED) is 0.783. The molecule has 0 saturated heterocycles. The van der Waals surface area contributed by atoms with E-state index in [2.05, 4.69) is 4.72 Å². The number of nitrogens with one attached hydrogen (secondary N) is 1. The van der Waals surface area contributed by atoms with Crippen LogP contribution in [0.25, 0.3) is 0 Å². The van der Waals surface area contributed by atoms with E-state index in [9.17, 15) is 25.6 Å². The van der Waals surface area contributed by atoms with Crippen LogP contribution < -0.4 is 4.72 Å². The molecule has 0 aliphatic carbocycles. The zero-order valence-electron chi connectivity index (χ0n) is 11.8. The highest BCUT2D eigenvalue weighted by atomic mass is 32.2. The van der Waals surface area contributed by atoms with Crippen molar-refractivity contribution in [2.24, 2.45) is 0 Å². The Hall–Kier alpha value is -1.75. The second-order valence-electron chi connectivity index (χ2n) is 4.62. The number of sulfone groups is 1. The maximum absolute atomic E-state index is 12.3. The minimum Gasteiger partial charge on any atom is -0.768 e. The van der Waals surface area contributed by atoms with Crippen LogP contribution in [0.4, 0.5) is 5.69 Å². The Kier molecular flexibility index (Phi) is 4.90. The first-order chi connectivity index (χ1) is 10.6. The number of benzene rings is 2. The summed E-state index contributed by atoms with van der Waals surface area (Å²) in [5.41, 5.74) is 0.0523. The first-order valence-corrected chi connectivity index (χ1v) is 10.6. The third-order valence-electron chi connectivity index (χ3n) is 2.82. The molecule has 1 atom stereocenters. The van der Waals surface area contributed by atoms with Gasteiger partial charge in [-0.15, -0.1) is 0 Å². The van der Waals surface area contributed by atoms with E-state index >= 15 is 0 Å². The van der Waals surface area contributed by atoms with Crippen molar-refractivity contribution in [3.63, 3.8) is 0 Å². The SMILES string of the molecule is CS(=O)(=O)c1cccc(S(=O)(=O)Nc2cccc(S(=O)[O-])c2)c1. The molecule has 0 aromatic heterocycles. The van der Waals surface area contributed by atoms with Crippen molar-refractivity contribution in [3.05, 3.63) is 48.5 Å². The molecule has 2 rings (SSSR count). The summed E-state index contributed by atoms with van der Waals surface area (Å²) >= 11 is -2.49. The molecule has 0 amide bonds. The lowest BCUT2D eigenvalue weighted by Gasteiger charge is -2.11. The summed E-state index contributed by atoms with van der Waals surface area (Å²) in [6.45, 7) is 0. The Labute approximate surface area is 136 Å². The van der Waals surface area contributed by atoms with Gasteiger partial charge in [-0.25, -0.2) is 16.8 Å². The molecule has 23 heavy (non-hydrogen) atoms. The summed E-state index contributed by atoms with van der Waals surface area (Å²) in [6.07, 6.45) is 0.971. The van der Waals surface area contributed by atoms with Crippen molar-refractivity contribution in [1.82, 2.24) is 0 Å². The largest absolute Gasteiger partial charge is 0.768 e. The smallest absolute Gasteiger partial charge is 0.261 e. The molecular formula is C13H12NO6S3-. The molecule has 0 saturated carbocycles. The second kappa shape index (κ2) is 6.40. The van der Waals surface area contributed by atoms with Gasteiger partial charge in [-0.05, 0) is 47.5 Å². The number of anilines is 1. The lowest BCUT2D eigenvalue weighted by atomic mass is 10.3. The lowest BCUT2D eigenvalue weighted by molar-refractivity contribution is 0.537. The van der Waals surface area contributed by atoms with E-state index in [1.807, 2.05) is 0 Å². The molecule has 0 radical (unpaired) electrons. The van der Waals surface area contributed by atoms with E-state index in [1.165, 1.54) is 36.4 Å². The van der Waals surface area contributed by atoms with Gasteiger partial charge in [0.05, 0.1) is 9.79 Å². The van der Waals surface area contributed by atoms with E-state index in [0.717, 1.165) is 18.4 Å². The van der Waals surface area contributed by atoms with Gasteiger partial charge in [0.15, 0.2) is 9.84 Å². The monoisotopic (exact) mass is 374 g/mol. The maximum Gasteiger partial charge on any atom is 0.261 e. The lowest BCUT2D eigenvalue weighted by Crippen LogP contribution is -2.13. The predicted molar refractivity (Wildman–Crippen MR) is 84.0 cm³/mol. The van der Waals surface area contributed by atoms with Gasteiger partial charge < -0.3 is 4.55 Å². The summed E-state index contributed by atoms with van der Waals surface area (Å²) in [7, 11) is -7.60. The Balaban J connectivity index is 2.40. The molecule has 1 unspecified atom stereocenters. The number of hydrogen-bond donors (Lipinski definition) is 1. The third-order valence-corrected chi connectivity index (χ3v) is 5.95. The average molecular weight is 374 g/mol. The topological polar surface area (TPSA) is 120 Å². The molecule has 0 aliphatic rings. The molecule has 0 fully saturated rings.